The second-order valence-corrected chi connectivity index (χ2v) is 9.55. The van der Waals surface area contributed by atoms with E-state index < -0.39 is 18.3 Å². The molecule has 164 valence electrons. The van der Waals surface area contributed by atoms with Crippen molar-refractivity contribution in [3.8, 4) is 0 Å². The molecular formula is C24H46BFO2. The van der Waals surface area contributed by atoms with Gasteiger partial charge < -0.3 is 9.31 Å². The first kappa shape index (κ1) is 25.7. The monoisotopic (exact) mass is 396 g/mol. The number of rotatable bonds is 15. The molecule has 1 rings (SSSR count). The van der Waals surface area contributed by atoms with Gasteiger partial charge in [-0.2, -0.15) is 0 Å². The number of halogens is 1. The van der Waals surface area contributed by atoms with Gasteiger partial charge in [-0.25, -0.2) is 4.39 Å². The number of allylic oxidation sites excluding steroid dienone is 2. The Balaban J connectivity index is 2.57. The fourth-order valence-corrected chi connectivity index (χ4v) is 3.68. The van der Waals surface area contributed by atoms with Gasteiger partial charge in [-0.15, -0.1) is 0 Å². The Morgan fingerprint density at radius 2 is 1.04 bits per heavy atom. The van der Waals surface area contributed by atoms with Crippen LogP contribution in [0.2, 0.25) is 0 Å². The second kappa shape index (κ2) is 13.1. The van der Waals surface area contributed by atoms with Crippen molar-refractivity contribution in [2.45, 2.75) is 143 Å². The van der Waals surface area contributed by atoms with Crippen molar-refractivity contribution < 1.29 is 13.7 Å². The first-order chi connectivity index (χ1) is 13.2. The summed E-state index contributed by atoms with van der Waals surface area (Å²) >= 11 is 0. The van der Waals surface area contributed by atoms with Gasteiger partial charge in [-0.1, -0.05) is 84.5 Å². The zero-order chi connectivity index (χ0) is 21.0. The summed E-state index contributed by atoms with van der Waals surface area (Å²) in [6.07, 6.45) is 15.7. The third-order valence-electron chi connectivity index (χ3n) is 6.44. The van der Waals surface area contributed by atoms with Crippen LogP contribution >= 0.6 is 0 Å². The van der Waals surface area contributed by atoms with Crippen molar-refractivity contribution in [3.05, 3.63) is 11.3 Å². The van der Waals surface area contributed by atoms with Crippen LogP contribution in [0.15, 0.2) is 11.3 Å². The van der Waals surface area contributed by atoms with E-state index in [1.807, 2.05) is 27.7 Å². The average Bonchev–Trinajstić information content (AvgIpc) is 2.84. The number of hydrogen-bond donors (Lipinski definition) is 0. The van der Waals surface area contributed by atoms with Crippen molar-refractivity contribution in [2.24, 2.45) is 0 Å². The highest BCUT2D eigenvalue weighted by Crippen LogP contribution is 2.40. The molecule has 0 aromatic carbocycles. The largest absolute Gasteiger partial charge is 0.493 e. The van der Waals surface area contributed by atoms with E-state index >= 15 is 4.39 Å². The Morgan fingerprint density at radius 1 is 0.643 bits per heavy atom. The van der Waals surface area contributed by atoms with Crippen molar-refractivity contribution in [1.29, 1.82) is 0 Å². The first-order valence-corrected chi connectivity index (χ1v) is 12.0. The van der Waals surface area contributed by atoms with E-state index in [1.165, 1.54) is 51.4 Å². The third kappa shape index (κ3) is 8.57. The maximum absolute atomic E-state index is 15.1. The van der Waals surface area contributed by atoms with Crippen molar-refractivity contribution in [1.82, 2.24) is 0 Å². The number of unbranched alkanes of at least 4 members (excludes halogenated alkanes) is 10. The predicted molar refractivity (Wildman–Crippen MR) is 120 cm³/mol. The van der Waals surface area contributed by atoms with Gasteiger partial charge in [-0.05, 0) is 52.4 Å². The van der Waals surface area contributed by atoms with E-state index in [1.54, 1.807) is 0 Å². The Bertz CT molecular complexity index is 444. The fourth-order valence-electron chi connectivity index (χ4n) is 3.68. The SMILES string of the molecule is CCCCCCCCCC/C(F)=C(\CCCCCC)B1OC(C)(C)C(C)(C)O1. The Kier molecular flexibility index (Phi) is 12.0. The molecule has 0 spiro atoms. The van der Waals surface area contributed by atoms with Crippen LogP contribution in [0.4, 0.5) is 4.39 Å². The lowest BCUT2D eigenvalue weighted by Gasteiger charge is -2.32. The zero-order valence-electron chi connectivity index (χ0n) is 19.7. The summed E-state index contributed by atoms with van der Waals surface area (Å²) in [6.45, 7) is 12.6. The Hall–Kier alpha value is -0.345. The minimum Gasteiger partial charge on any atom is -0.399 e. The van der Waals surface area contributed by atoms with Gasteiger partial charge in [0.05, 0.1) is 17.0 Å². The highest BCUT2D eigenvalue weighted by molar-refractivity contribution is 6.54. The van der Waals surface area contributed by atoms with Crippen molar-refractivity contribution >= 4 is 7.12 Å². The van der Waals surface area contributed by atoms with Crippen LogP contribution in [-0.2, 0) is 9.31 Å². The van der Waals surface area contributed by atoms with Crippen LogP contribution in [-0.4, -0.2) is 18.3 Å². The van der Waals surface area contributed by atoms with Crippen LogP contribution in [0.3, 0.4) is 0 Å². The molecule has 28 heavy (non-hydrogen) atoms. The molecule has 0 aromatic rings. The van der Waals surface area contributed by atoms with Gasteiger partial charge in [0, 0.05) is 0 Å². The van der Waals surface area contributed by atoms with Crippen LogP contribution in [0, 0.1) is 0 Å². The molecule has 1 aliphatic rings. The van der Waals surface area contributed by atoms with E-state index in [0.29, 0.717) is 6.42 Å². The standard InChI is InChI=1S/C24H46BFO2/c1-7-9-11-13-14-15-16-18-20-22(26)21(19-17-12-10-8-2)25-27-23(3,4)24(5,6)28-25/h7-20H2,1-6H3/b22-21-. The molecule has 0 atom stereocenters. The molecule has 2 nitrogen and oxygen atoms in total. The molecule has 0 aromatic heterocycles. The molecule has 0 N–H and O–H groups in total. The topological polar surface area (TPSA) is 18.5 Å². The summed E-state index contributed by atoms with van der Waals surface area (Å²) in [5.41, 5.74) is -0.0614. The minimum absolute atomic E-state index is 0.0148. The molecule has 1 aliphatic heterocycles. The van der Waals surface area contributed by atoms with Gasteiger partial charge >= 0.3 is 7.12 Å². The maximum atomic E-state index is 15.1. The van der Waals surface area contributed by atoms with E-state index in [2.05, 4.69) is 13.8 Å². The Morgan fingerprint density at radius 3 is 1.54 bits per heavy atom. The highest BCUT2D eigenvalue weighted by atomic mass is 19.1. The predicted octanol–water partition coefficient (Wildman–Crippen LogP) is 8.34. The molecular weight excluding hydrogens is 350 g/mol. The quantitative estimate of drug-likeness (QED) is 0.205. The first-order valence-electron chi connectivity index (χ1n) is 12.0. The molecule has 0 bridgehead atoms. The number of hydrogen-bond acceptors (Lipinski definition) is 2. The average molecular weight is 396 g/mol. The van der Waals surface area contributed by atoms with Crippen molar-refractivity contribution in [2.75, 3.05) is 0 Å². The van der Waals surface area contributed by atoms with E-state index in [4.69, 9.17) is 9.31 Å². The lowest BCUT2D eigenvalue weighted by Crippen LogP contribution is -2.41. The minimum atomic E-state index is -0.527. The van der Waals surface area contributed by atoms with Gasteiger partial charge in [0.1, 0.15) is 0 Å². The lowest BCUT2D eigenvalue weighted by molar-refractivity contribution is 0.00578. The lowest BCUT2D eigenvalue weighted by atomic mass is 9.74. The fraction of sp³-hybridized carbons (Fsp3) is 0.917. The molecule has 4 heteroatoms. The summed E-state index contributed by atoms with van der Waals surface area (Å²) in [4.78, 5) is 0. The summed E-state index contributed by atoms with van der Waals surface area (Å²) in [5.74, 6) is 0.0148. The molecule has 1 fully saturated rings. The van der Waals surface area contributed by atoms with E-state index in [0.717, 1.165) is 37.6 Å². The van der Waals surface area contributed by atoms with Crippen LogP contribution in [0.5, 0.6) is 0 Å². The van der Waals surface area contributed by atoms with Crippen molar-refractivity contribution in [3.63, 3.8) is 0 Å². The molecule has 0 amide bonds. The summed E-state index contributed by atoms with van der Waals surface area (Å²) in [6, 6.07) is 0. The highest BCUT2D eigenvalue weighted by Gasteiger charge is 2.52. The zero-order valence-corrected chi connectivity index (χ0v) is 19.7. The van der Waals surface area contributed by atoms with Crippen LogP contribution in [0.25, 0.3) is 0 Å². The summed E-state index contributed by atoms with van der Waals surface area (Å²) in [5, 5.41) is 0. The maximum Gasteiger partial charge on any atom is 0.493 e. The van der Waals surface area contributed by atoms with Gasteiger partial charge in [0.15, 0.2) is 0 Å². The van der Waals surface area contributed by atoms with E-state index in [9.17, 15) is 0 Å². The normalized spacial score (nSPS) is 19.2. The van der Waals surface area contributed by atoms with Crippen LogP contribution < -0.4 is 0 Å². The molecule has 0 radical (unpaired) electrons. The van der Waals surface area contributed by atoms with E-state index in [-0.39, 0.29) is 5.83 Å². The Labute approximate surface area is 175 Å². The molecule has 0 saturated carbocycles. The smallest absolute Gasteiger partial charge is 0.399 e. The molecule has 1 heterocycles. The molecule has 0 unspecified atom stereocenters. The second-order valence-electron chi connectivity index (χ2n) is 9.55. The van der Waals surface area contributed by atoms with Gasteiger partial charge in [0.2, 0.25) is 0 Å². The van der Waals surface area contributed by atoms with Gasteiger partial charge in [0.25, 0.3) is 0 Å². The molecule has 0 aliphatic carbocycles. The molecule has 1 saturated heterocycles. The van der Waals surface area contributed by atoms with Crippen LogP contribution in [0.1, 0.15) is 131 Å². The summed E-state index contributed by atoms with van der Waals surface area (Å²) < 4.78 is 27.5. The van der Waals surface area contributed by atoms with Gasteiger partial charge in [-0.3, -0.25) is 0 Å². The summed E-state index contributed by atoms with van der Waals surface area (Å²) in [7, 11) is -0.527. The third-order valence-corrected chi connectivity index (χ3v) is 6.44.